The van der Waals surface area contributed by atoms with Crippen LogP contribution in [0.25, 0.3) is 10.6 Å². The lowest BCUT2D eigenvalue weighted by Gasteiger charge is -2.02. The van der Waals surface area contributed by atoms with Crippen molar-refractivity contribution in [3.63, 3.8) is 0 Å². The van der Waals surface area contributed by atoms with Crippen LogP contribution in [0.5, 0.6) is 0 Å². The molecule has 0 aromatic carbocycles. The molecule has 0 aliphatic rings. The number of rotatable bonds is 2. The zero-order valence-electron chi connectivity index (χ0n) is 7.03. The SMILES string of the molecule is CCn1cccc1-c1cccs1. The first kappa shape index (κ1) is 7.62. The van der Waals surface area contributed by atoms with Crippen molar-refractivity contribution in [3.8, 4) is 10.6 Å². The zero-order valence-corrected chi connectivity index (χ0v) is 7.84. The van der Waals surface area contributed by atoms with E-state index in [0.29, 0.717) is 0 Å². The fraction of sp³-hybridized carbons (Fsp3) is 0.200. The zero-order chi connectivity index (χ0) is 8.39. The largest absolute Gasteiger partial charge is 0.347 e. The Balaban J connectivity index is 2.46. The van der Waals surface area contributed by atoms with Crippen LogP contribution in [0, 0.1) is 0 Å². The average molecular weight is 177 g/mol. The van der Waals surface area contributed by atoms with E-state index in [-0.39, 0.29) is 0 Å². The normalized spacial score (nSPS) is 10.4. The second-order valence-corrected chi connectivity index (χ2v) is 3.60. The van der Waals surface area contributed by atoms with Crippen molar-refractivity contribution in [3.05, 3.63) is 35.8 Å². The van der Waals surface area contributed by atoms with Gasteiger partial charge in [0.05, 0.1) is 10.6 Å². The van der Waals surface area contributed by atoms with E-state index in [2.05, 4.69) is 47.3 Å². The highest BCUT2D eigenvalue weighted by Crippen LogP contribution is 2.24. The van der Waals surface area contributed by atoms with Gasteiger partial charge in [-0.1, -0.05) is 6.07 Å². The van der Waals surface area contributed by atoms with Crippen molar-refractivity contribution in [2.45, 2.75) is 13.5 Å². The first-order chi connectivity index (χ1) is 5.92. The van der Waals surface area contributed by atoms with Gasteiger partial charge in [-0.3, -0.25) is 0 Å². The van der Waals surface area contributed by atoms with Gasteiger partial charge in [0.15, 0.2) is 0 Å². The standard InChI is InChI=1S/C10H11NS/c1-2-11-7-3-5-9(11)10-6-4-8-12-10/h3-8H,2H2,1H3. The highest BCUT2D eigenvalue weighted by Gasteiger charge is 2.01. The summed E-state index contributed by atoms with van der Waals surface area (Å²) in [6.07, 6.45) is 2.12. The van der Waals surface area contributed by atoms with E-state index in [4.69, 9.17) is 0 Å². The molecule has 0 atom stereocenters. The molecule has 2 heteroatoms. The number of aromatic nitrogens is 1. The van der Waals surface area contributed by atoms with E-state index in [1.807, 2.05) is 0 Å². The quantitative estimate of drug-likeness (QED) is 0.663. The molecule has 62 valence electrons. The van der Waals surface area contributed by atoms with Crippen molar-refractivity contribution in [2.24, 2.45) is 0 Å². The number of hydrogen-bond donors (Lipinski definition) is 0. The lowest BCUT2D eigenvalue weighted by molar-refractivity contribution is 0.778. The van der Waals surface area contributed by atoms with Crippen molar-refractivity contribution in [2.75, 3.05) is 0 Å². The molecule has 1 nitrogen and oxygen atoms in total. The molecule has 2 heterocycles. The molecule has 0 bridgehead atoms. The van der Waals surface area contributed by atoms with Gasteiger partial charge in [0.25, 0.3) is 0 Å². The molecule has 0 unspecified atom stereocenters. The minimum absolute atomic E-state index is 1.04. The molecule has 0 saturated carbocycles. The molecule has 2 aromatic rings. The summed E-state index contributed by atoms with van der Waals surface area (Å²) in [5.41, 5.74) is 1.33. The molecule has 0 spiro atoms. The van der Waals surface area contributed by atoms with Gasteiger partial charge < -0.3 is 4.57 Å². The summed E-state index contributed by atoms with van der Waals surface area (Å²) >= 11 is 1.79. The van der Waals surface area contributed by atoms with Crippen molar-refractivity contribution in [1.29, 1.82) is 0 Å². The summed E-state index contributed by atoms with van der Waals surface area (Å²) in [6.45, 7) is 3.21. The molecular weight excluding hydrogens is 166 g/mol. The maximum absolute atomic E-state index is 2.26. The molecule has 12 heavy (non-hydrogen) atoms. The lowest BCUT2D eigenvalue weighted by atomic mass is 10.3. The van der Waals surface area contributed by atoms with Crippen LogP contribution in [0.2, 0.25) is 0 Å². The predicted octanol–water partition coefficient (Wildman–Crippen LogP) is 3.24. The van der Waals surface area contributed by atoms with E-state index in [1.165, 1.54) is 10.6 Å². The van der Waals surface area contributed by atoms with E-state index >= 15 is 0 Å². The van der Waals surface area contributed by atoms with Crippen LogP contribution < -0.4 is 0 Å². The van der Waals surface area contributed by atoms with E-state index in [0.717, 1.165) is 6.54 Å². The molecule has 0 aliphatic carbocycles. The van der Waals surface area contributed by atoms with Crippen molar-refractivity contribution in [1.82, 2.24) is 4.57 Å². The van der Waals surface area contributed by atoms with Crippen LogP contribution in [0.4, 0.5) is 0 Å². The number of hydrogen-bond acceptors (Lipinski definition) is 1. The van der Waals surface area contributed by atoms with Gasteiger partial charge in [-0.05, 0) is 30.5 Å². The summed E-state index contributed by atoms with van der Waals surface area (Å²) < 4.78 is 2.26. The van der Waals surface area contributed by atoms with Gasteiger partial charge in [-0.25, -0.2) is 0 Å². The fourth-order valence-electron chi connectivity index (χ4n) is 1.34. The molecule has 0 fully saturated rings. The summed E-state index contributed by atoms with van der Waals surface area (Å²) in [5, 5.41) is 2.11. The van der Waals surface area contributed by atoms with Crippen LogP contribution in [-0.4, -0.2) is 4.57 Å². The smallest absolute Gasteiger partial charge is 0.0581 e. The van der Waals surface area contributed by atoms with Crippen LogP contribution in [0.3, 0.4) is 0 Å². The minimum atomic E-state index is 1.04. The van der Waals surface area contributed by atoms with Gasteiger partial charge >= 0.3 is 0 Å². The van der Waals surface area contributed by atoms with Gasteiger partial charge in [-0.2, -0.15) is 0 Å². The van der Waals surface area contributed by atoms with Gasteiger partial charge in [0.1, 0.15) is 0 Å². The summed E-state index contributed by atoms with van der Waals surface area (Å²) in [7, 11) is 0. The maximum Gasteiger partial charge on any atom is 0.0581 e. The third-order valence-corrected chi connectivity index (χ3v) is 2.84. The Morgan fingerprint density at radius 3 is 2.92 bits per heavy atom. The molecule has 0 radical (unpaired) electrons. The lowest BCUT2D eigenvalue weighted by Crippen LogP contribution is -1.92. The van der Waals surface area contributed by atoms with Crippen LogP contribution in [0.15, 0.2) is 35.8 Å². The Morgan fingerprint density at radius 1 is 1.33 bits per heavy atom. The van der Waals surface area contributed by atoms with E-state index in [1.54, 1.807) is 11.3 Å². The van der Waals surface area contributed by atoms with E-state index in [9.17, 15) is 0 Å². The second-order valence-electron chi connectivity index (χ2n) is 2.66. The third kappa shape index (κ3) is 1.18. The number of aryl methyl sites for hydroxylation is 1. The van der Waals surface area contributed by atoms with Gasteiger partial charge in [0, 0.05) is 12.7 Å². The Kier molecular flexibility index (Phi) is 2.00. The summed E-state index contributed by atoms with van der Waals surface area (Å²) in [5.74, 6) is 0. The second kappa shape index (κ2) is 3.15. The van der Waals surface area contributed by atoms with Crippen molar-refractivity contribution >= 4 is 11.3 Å². The summed E-state index contributed by atoms with van der Waals surface area (Å²) in [6, 6.07) is 8.51. The first-order valence-electron chi connectivity index (χ1n) is 4.11. The number of nitrogens with zero attached hydrogens (tertiary/aromatic N) is 1. The molecule has 2 aromatic heterocycles. The number of thiophene rings is 1. The molecule has 2 rings (SSSR count). The minimum Gasteiger partial charge on any atom is -0.347 e. The average Bonchev–Trinajstić information content (AvgIpc) is 2.74. The Morgan fingerprint density at radius 2 is 2.25 bits per heavy atom. The van der Waals surface area contributed by atoms with E-state index < -0.39 is 0 Å². The Labute approximate surface area is 76.3 Å². The molecular formula is C10H11NS. The third-order valence-electron chi connectivity index (χ3n) is 1.94. The monoisotopic (exact) mass is 177 g/mol. The topological polar surface area (TPSA) is 4.93 Å². The van der Waals surface area contributed by atoms with Crippen LogP contribution in [0.1, 0.15) is 6.92 Å². The molecule has 0 amide bonds. The summed E-state index contributed by atoms with van der Waals surface area (Å²) in [4.78, 5) is 1.35. The highest BCUT2D eigenvalue weighted by molar-refractivity contribution is 7.13. The fourth-order valence-corrected chi connectivity index (χ4v) is 2.10. The Bertz CT molecular complexity index is 346. The van der Waals surface area contributed by atoms with Gasteiger partial charge in [0.2, 0.25) is 0 Å². The van der Waals surface area contributed by atoms with Gasteiger partial charge in [-0.15, -0.1) is 11.3 Å². The Hall–Kier alpha value is -1.02. The predicted molar refractivity (Wildman–Crippen MR) is 53.4 cm³/mol. The highest BCUT2D eigenvalue weighted by atomic mass is 32.1. The maximum atomic E-state index is 2.26. The van der Waals surface area contributed by atoms with Crippen LogP contribution >= 0.6 is 11.3 Å². The first-order valence-corrected chi connectivity index (χ1v) is 4.99. The molecule has 0 aliphatic heterocycles. The molecule has 0 N–H and O–H groups in total. The van der Waals surface area contributed by atoms with Crippen LogP contribution in [-0.2, 0) is 6.54 Å². The van der Waals surface area contributed by atoms with Crippen molar-refractivity contribution < 1.29 is 0 Å². The molecule has 0 saturated heterocycles.